The van der Waals surface area contributed by atoms with E-state index in [-0.39, 0.29) is 0 Å². The Labute approximate surface area is 465 Å². The fraction of sp³-hybridized carbons (Fsp3) is 0.944. The van der Waals surface area contributed by atoms with Gasteiger partial charge in [-0.2, -0.15) is 0 Å². The second-order valence-corrected chi connectivity index (χ2v) is 24.7. The van der Waals surface area contributed by atoms with Crippen LogP contribution in [0.4, 0.5) is 0 Å². The number of quaternary nitrogens is 1. The molecule has 0 radical (unpaired) electrons. The molecule has 0 atom stereocenters. The summed E-state index contributed by atoms with van der Waals surface area (Å²) in [5.41, 5.74) is 0. The van der Waals surface area contributed by atoms with Crippen LogP contribution in [0.2, 0.25) is 0 Å². The summed E-state index contributed by atoms with van der Waals surface area (Å²) < 4.78 is 1.48. The molecule has 0 bridgehead atoms. The van der Waals surface area contributed by atoms with Crippen molar-refractivity contribution in [3.8, 4) is 0 Å². The molecular weight excluding hydrogens is 879 g/mol. The zero-order chi connectivity index (χ0) is 52.6. The maximum atomic E-state index is 2.51. The molecule has 0 amide bonds. The largest absolute Gasteiger partial charge is 0.324 e. The number of rotatable bonds is 66. The number of nitrogens with zero attached hydrogens (tertiary/aromatic N) is 1. The molecule has 0 unspecified atom stereocenters. The molecular formula is C72H144N+. The predicted octanol–water partition coefficient (Wildman–Crippen LogP) is 26.4. The summed E-state index contributed by atoms with van der Waals surface area (Å²) in [5.74, 6) is 0. The minimum absolute atomic E-state index is 1.31. The molecule has 1 heteroatoms. The van der Waals surface area contributed by atoms with Gasteiger partial charge in [-0.15, -0.1) is 0 Å². The molecule has 0 N–H and O–H groups in total. The molecule has 1 nitrogen and oxygen atoms in total. The van der Waals surface area contributed by atoms with Crippen LogP contribution in [0.3, 0.4) is 0 Å². The average molecular weight is 1020 g/mol. The molecule has 0 aromatic rings. The average Bonchev–Trinajstić information content (AvgIpc) is 3.40. The predicted molar refractivity (Wildman–Crippen MR) is 338 cm³/mol. The summed E-state index contributed by atoms with van der Waals surface area (Å²) in [4.78, 5) is 0. The van der Waals surface area contributed by atoms with Crippen LogP contribution in [0.5, 0.6) is 0 Å². The quantitative estimate of drug-likeness (QED) is 0.0324. The molecule has 0 fully saturated rings. The van der Waals surface area contributed by atoms with Gasteiger partial charge < -0.3 is 4.48 Å². The Morgan fingerprint density at radius 2 is 0.274 bits per heavy atom. The Morgan fingerprint density at radius 3 is 0.425 bits per heavy atom. The highest BCUT2D eigenvalue weighted by Gasteiger charge is 2.26. The number of unbranched alkanes of at least 4 members (excludes halogenated alkanes) is 54. The minimum Gasteiger partial charge on any atom is -0.324 e. The molecule has 0 aliphatic rings. The highest BCUT2D eigenvalue weighted by molar-refractivity contribution is 4.82. The van der Waals surface area contributed by atoms with Crippen LogP contribution < -0.4 is 0 Å². The van der Waals surface area contributed by atoms with E-state index in [9.17, 15) is 0 Å². The van der Waals surface area contributed by atoms with Crippen molar-refractivity contribution >= 4 is 0 Å². The first-order valence-corrected chi connectivity index (χ1v) is 35.4. The Bertz CT molecular complexity index is 929. The molecule has 0 aromatic carbocycles. The van der Waals surface area contributed by atoms with Gasteiger partial charge in [0.05, 0.1) is 26.2 Å². The Kier molecular flexibility index (Phi) is 65.2. The van der Waals surface area contributed by atoms with E-state index in [0.717, 1.165) is 0 Å². The lowest BCUT2D eigenvalue weighted by molar-refractivity contribution is -0.929. The molecule has 0 saturated carbocycles. The van der Waals surface area contributed by atoms with Gasteiger partial charge in [0, 0.05) is 0 Å². The summed E-state index contributed by atoms with van der Waals surface area (Å²) in [6.07, 6.45) is 96.8. The summed E-state index contributed by atoms with van der Waals surface area (Å²) in [6, 6.07) is 0. The van der Waals surface area contributed by atoms with E-state index in [4.69, 9.17) is 0 Å². The van der Waals surface area contributed by atoms with Crippen molar-refractivity contribution in [1.82, 2.24) is 0 Å². The molecule has 0 heterocycles. The molecule has 0 saturated heterocycles. The van der Waals surface area contributed by atoms with Crippen molar-refractivity contribution in [3.05, 3.63) is 24.3 Å². The highest BCUT2D eigenvalue weighted by atomic mass is 15.3. The molecule has 0 rings (SSSR count). The first-order chi connectivity index (χ1) is 36.2. The Morgan fingerprint density at radius 1 is 0.151 bits per heavy atom. The topological polar surface area (TPSA) is 0 Å². The third-order valence-electron chi connectivity index (χ3n) is 17.3. The molecule has 73 heavy (non-hydrogen) atoms. The zero-order valence-electron chi connectivity index (χ0n) is 52.0. The number of hydrogen-bond acceptors (Lipinski definition) is 0. The highest BCUT2D eigenvalue weighted by Crippen LogP contribution is 2.23. The van der Waals surface area contributed by atoms with E-state index in [0.29, 0.717) is 0 Å². The van der Waals surface area contributed by atoms with Crippen molar-refractivity contribution in [2.45, 2.75) is 413 Å². The third-order valence-corrected chi connectivity index (χ3v) is 17.3. The van der Waals surface area contributed by atoms with Gasteiger partial charge in [-0.3, -0.25) is 0 Å². The normalized spacial score (nSPS) is 12.2. The number of allylic oxidation sites excluding steroid dienone is 4. The SMILES string of the molecule is CCCCCCCC/C=C\CCCCCCCC[N+](CCCCCCCC/C=C\CCCCCCCC)(CCCCCCCCCCCCCCCCCC)CCCCCCCCCCCCCCCCCC. The number of hydrogen-bond donors (Lipinski definition) is 0. The minimum atomic E-state index is 1.31. The van der Waals surface area contributed by atoms with E-state index in [1.54, 1.807) is 0 Å². The molecule has 0 aliphatic carbocycles. The summed E-state index contributed by atoms with van der Waals surface area (Å²) >= 11 is 0. The summed E-state index contributed by atoms with van der Waals surface area (Å²) in [7, 11) is 0. The summed E-state index contributed by atoms with van der Waals surface area (Å²) in [6.45, 7) is 15.2. The third kappa shape index (κ3) is 60.5. The van der Waals surface area contributed by atoms with Crippen LogP contribution in [-0.4, -0.2) is 30.7 Å². The maximum Gasteiger partial charge on any atom is 0.0786 e. The second kappa shape index (κ2) is 65.7. The van der Waals surface area contributed by atoms with Gasteiger partial charge in [0.15, 0.2) is 0 Å². The van der Waals surface area contributed by atoms with Gasteiger partial charge in [0.25, 0.3) is 0 Å². The van der Waals surface area contributed by atoms with E-state index in [1.807, 2.05) is 0 Å². The smallest absolute Gasteiger partial charge is 0.0786 e. The van der Waals surface area contributed by atoms with Crippen molar-refractivity contribution in [1.29, 1.82) is 0 Å². The van der Waals surface area contributed by atoms with Gasteiger partial charge >= 0.3 is 0 Å². The van der Waals surface area contributed by atoms with Crippen molar-refractivity contribution in [2.24, 2.45) is 0 Å². The van der Waals surface area contributed by atoms with Gasteiger partial charge in [-0.05, 0) is 103 Å². The van der Waals surface area contributed by atoms with Crippen molar-refractivity contribution in [2.75, 3.05) is 26.2 Å². The lowest BCUT2D eigenvalue weighted by Gasteiger charge is -2.40. The summed E-state index contributed by atoms with van der Waals surface area (Å²) in [5, 5.41) is 0. The molecule has 0 aromatic heterocycles. The van der Waals surface area contributed by atoms with E-state index < -0.39 is 0 Å². The van der Waals surface area contributed by atoms with Crippen molar-refractivity contribution < 1.29 is 4.48 Å². The fourth-order valence-corrected chi connectivity index (χ4v) is 12.1. The van der Waals surface area contributed by atoms with Crippen LogP contribution in [0.15, 0.2) is 24.3 Å². The second-order valence-electron chi connectivity index (χ2n) is 24.7. The van der Waals surface area contributed by atoms with Gasteiger partial charge in [0.2, 0.25) is 0 Å². The van der Waals surface area contributed by atoms with E-state index >= 15 is 0 Å². The molecule has 436 valence electrons. The van der Waals surface area contributed by atoms with Crippen molar-refractivity contribution in [3.63, 3.8) is 0 Å². The van der Waals surface area contributed by atoms with Gasteiger partial charge in [-0.1, -0.05) is 335 Å². The van der Waals surface area contributed by atoms with Crippen LogP contribution in [-0.2, 0) is 0 Å². The zero-order valence-corrected chi connectivity index (χ0v) is 52.0. The maximum absolute atomic E-state index is 2.51. The Hall–Kier alpha value is -0.560. The van der Waals surface area contributed by atoms with Crippen LogP contribution in [0.25, 0.3) is 0 Å². The van der Waals surface area contributed by atoms with Gasteiger partial charge in [-0.25, -0.2) is 0 Å². The van der Waals surface area contributed by atoms with Gasteiger partial charge in [0.1, 0.15) is 0 Å². The Balaban J connectivity index is 5.02. The lowest BCUT2D eigenvalue weighted by Crippen LogP contribution is -2.50. The standard InChI is InChI=1S/C72H144N/c1-5-9-13-17-21-25-29-33-37-41-45-49-53-57-61-65-69-73(70-66-62-58-54-50-46-42-38-34-30-26-22-18-14-10-6-2,71-67-63-59-55-51-47-43-39-35-31-27-23-19-15-11-7-3)72-68-64-60-56-52-48-44-40-36-32-28-24-20-16-12-8-4/h33-34,37-38H,5-32,35-36,39-72H2,1-4H3/q+1/b37-33-,38-34-. The first-order valence-electron chi connectivity index (χ1n) is 35.4. The lowest BCUT2D eigenvalue weighted by atomic mass is 10.0. The molecule has 0 aliphatic heterocycles. The van der Waals surface area contributed by atoms with Crippen LogP contribution in [0, 0.1) is 0 Å². The monoisotopic (exact) mass is 1020 g/mol. The fourth-order valence-electron chi connectivity index (χ4n) is 12.1. The van der Waals surface area contributed by atoms with E-state index in [2.05, 4.69) is 52.0 Å². The van der Waals surface area contributed by atoms with Crippen LogP contribution in [0.1, 0.15) is 413 Å². The van der Waals surface area contributed by atoms with E-state index in [1.165, 1.54) is 416 Å². The molecule has 0 spiro atoms. The first kappa shape index (κ1) is 72.4. The van der Waals surface area contributed by atoms with Crippen LogP contribution >= 0.6 is 0 Å².